The summed E-state index contributed by atoms with van der Waals surface area (Å²) in [5.74, 6) is -5.58. The number of H-pyrrole nitrogens is 2. The lowest BCUT2D eigenvalue weighted by Gasteiger charge is -2.35. The van der Waals surface area contributed by atoms with Crippen molar-refractivity contribution in [2.75, 3.05) is 170 Å². The number of piperazine rings is 5. The van der Waals surface area contributed by atoms with Gasteiger partial charge in [0.15, 0.2) is 0 Å². The second-order valence-corrected chi connectivity index (χ2v) is 26.2. The summed E-state index contributed by atoms with van der Waals surface area (Å²) in [6, 6.07) is 19.1. The van der Waals surface area contributed by atoms with Crippen molar-refractivity contribution in [2.24, 2.45) is 5.41 Å². The Morgan fingerprint density at radius 2 is 0.778 bits per heavy atom. The van der Waals surface area contributed by atoms with Gasteiger partial charge in [-0.1, -0.05) is 43.3 Å². The number of fused-ring (bicyclic) bond motifs is 2. The average Bonchev–Trinajstić information content (AvgIpc) is 1.64. The lowest BCUT2D eigenvalue weighted by atomic mass is 9.90. The zero-order valence-corrected chi connectivity index (χ0v) is 58.8. The molecule has 6 aliphatic rings. The number of nitrogens with zero attached hydrogens (tertiary/aromatic N) is 8. The number of benzene rings is 2. The molecule has 0 bridgehead atoms. The maximum absolute atomic E-state index is 12.8. The summed E-state index contributed by atoms with van der Waals surface area (Å²) in [6.07, 6.45) is 0.269. The van der Waals surface area contributed by atoms with Crippen molar-refractivity contribution in [1.82, 2.24) is 65.1 Å². The predicted molar refractivity (Wildman–Crippen MR) is 363 cm³/mol. The maximum atomic E-state index is 12.8. The van der Waals surface area contributed by atoms with Crippen LogP contribution in [0.15, 0.2) is 60.7 Å². The Hall–Kier alpha value is -9.36. The first kappa shape index (κ1) is 78.6. The molecule has 31 heteroatoms. The van der Waals surface area contributed by atoms with E-state index in [2.05, 4.69) is 35.4 Å². The fourth-order valence-electron chi connectivity index (χ4n) is 10.7. The fraction of sp³-hybridized carbons (Fsp3) is 0.588. The van der Waals surface area contributed by atoms with E-state index in [1.807, 2.05) is 88.4 Å². The Labute approximate surface area is 577 Å². The fourth-order valence-corrected chi connectivity index (χ4v) is 10.7. The van der Waals surface area contributed by atoms with Crippen molar-refractivity contribution >= 4 is 93.3 Å². The zero-order chi connectivity index (χ0) is 72.5. The molecule has 31 nitrogen and oxygen atoms in total. The van der Waals surface area contributed by atoms with E-state index in [1.54, 1.807) is 56.2 Å². The Kier molecular flexibility index (Phi) is 29.8. The molecule has 6 aliphatic heterocycles. The number of rotatable bonds is 7. The van der Waals surface area contributed by atoms with Crippen LogP contribution in [0.4, 0.5) is 9.59 Å². The number of nitrogens with one attached hydrogen (secondary N) is 5. The highest BCUT2D eigenvalue weighted by atomic mass is 16.6. The van der Waals surface area contributed by atoms with E-state index in [0.29, 0.717) is 123 Å². The minimum absolute atomic E-state index is 0.0908. The third-order valence-electron chi connectivity index (χ3n) is 16.1. The monoisotopic (exact) mass is 1390 g/mol. The summed E-state index contributed by atoms with van der Waals surface area (Å²) in [5, 5.41) is 11.0. The van der Waals surface area contributed by atoms with Gasteiger partial charge in [-0.15, -0.1) is 0 Å². The summed E-state index contributed by atoms with van der Waals surface area (Å²) in [7, 11) is 0. The molecule has 8 heterocycles. The molecule has 6 saturated heterocycles. The van der Waals surface area contributed by atoms with Crippen molar-refractivity contribution in [3.63, 3.8) is 0 Å². The normalized spacial score (nSPS) is 17.9. The molecular weight excluding hydrogens is 1290 g/mol. The third-order valence-corrected chi connectivity index (χ3v) is 16.1. The molecule has 1 atom stereocenters. The first-order chi connectivity index (χ1) is 47.0. The average molecular weight is 1390 g/mol. The van der Waals surface area contributed by atoms with Gasteiger partial charge in [-0.2, -0.15) is 0 Å². The first-order valence-electron chi connectivity index (χ1n) is 33.7. The summed E-state index contributed by atoms with van der Waals surface area (Å²) >= 11 is 0. The summed E-state index contributed by atoms with van der Waals surface area (Å²) < 4.78 is 29.8. The number of hydrogen-bond donors (Lipinski definition) is 5. The van der Waals surface area contributed by atoms with Crippen LogP contribution in [0.5, 0.6) is 0 Å². The first-order valence-corrected chi connectivity index (χ1v) is 33.7. The van der Waals surface area contributed by atoms with Gasteiger partial charge in [-0.3, -0.25) is 33.6 Å². The molecule has 2 aromatic heterocycles. The van der Waals surface area contributed by atoms with Gasteiger partial charge in [0.25, 0.3) is 11.8 Å². The van der Waals surface area contributed by atoms with Crippen LogP contribution in [0, 0.1) is 5.41 Å². The number of carbonyl (C=O) groups is 12. The summed E-state index contributed by atoms with van der Waals surface area (Å²) in [4.78, 5) is 161. The van der Waals surface area contributed by atoms with Crippen molar-refractivity contribution in [1.29, 1.82) is 0 Å². The van der Waals surface area contributed by atoms with Gasteiger partial charge in [0.2, 0.25) is 0 Å². The van der Waals surface area contributed by atoms with Crippen LogP contribution in [0.1, 0.15) is 96.6 Å². The quantitative estimate of drug-likeness (QED) is 0.101. The maximum Gasteiger partial charge on any atom is 0.410 e. The Morgan fingerprint density at radius 3 is 1.12 bits per heavy atom. The minimum Gasteiger partial charge on any atom is -0.459 e. The van der Waals surface area contributed by atoms with E-state index in [0.717, 1.165) is 67.5 Å². The van der Waals surface area contributed by atoms with E-state index < -0.39 is 59.1 Å². The second-order valence-electron chi connectivity index (χ2n) is 26.2. The second kappa shape index (κ2) is 37.6. The molecule has 9 amide bonds. The number of esters is 3. The van der Waals surface area contributed by atoms with E-state index in [9.17, 15) is 57.5 Å². The highest BCUT2D eigenvalue weighted by molar-refractivity contribution is 6.35. The van der Waals surface area contributed by atoms with Gasteiger partial charge in [0.05, 0.1) is 26.4 Å². The molecule has 2 aromatic carbocycles. The number of amides is 9. The van der Waals surface area contributed by atoms with Gasteiger partial charge in [0.1, 0.15) is 22.6 Å². The number of para-hydroxylation sites is 2. The van der Waals surface area contributed by atoms with Crippen molar-refractivity contribution in [3.8, 4) is 0 Å². The smallest absolute Gasteiger partial charge is 0.410 e. The molecule has 1 unspecified atom stereocenters. The molecular formula is C68H99N13O18. The van der Waals surface area contributed by atoms with Crippen molar-refractivity contribution in [2.45, 2.75) is 86.9 Å². The van der Waals surface area contributed by atoms with Gasteiger partial charge in [0, 0.05) is 171 Å². The molecule has 0 aliphatic carbocycles. The molecule has 6 fully saturated rings. The Bertz CT molecular complexity index is 3340. The molecule has 99 heavy (non-hydrogen) atoms. The van der Waals surface area contributed by atoms with Gasteiger partial charge < -0.3 is 93.5 Å². The largest absolute Gasteiger partial charge is 0.459 e. The number of aromatic amines is 2. The van der Waals surface area contributed by atoms with Crippen molar-refractivity contribution in [3.05, 3.63) is 72.1 Å². The zero-order valence-electron chi connectivity index (χ0n) is 58.8. The van der Waals surface area contributed by atoms with Crippen LogP contribution in [0.25, 0.3) is 21.8 Å². The summed E-state index contributed by atoms with van der Waals surface area (Å²) in [6.45, 7) is 30.4. The third kappa shape index (κ3) is 24.5. The van der Waals surface area contributed by atoms with E-state index in [1.165, 1.54) is 24.5 Å². The number of carbonyl (C=O) groups excluding carboxylic acids is 12. The number of aromatic nitrogens is 2. The van der Waals surface area contributed by atoms with E-state index >= 15 is 0 Å². The highest BCUT2D eigenvalue weighted by Gasteiger charge is 2.36. The van der Waals surface area contributed by atoms with Crippen LogP contribution in [0.3, 0.4) is 0 Å². The molecule has 5 N–H and O–H groups in total. The topological polar surface area (TPSA) is 354 Å². The van der Waals surface area contributed by atoms with E-state index in [4.69, 9.17) is 18.9 Å². The molecule has 0 radical (unpaired) electrons. The molecule has 0 saturated carbocycles. The van der Waals surface area contributed by atoms with Crippen LogP contribution in [0.2, 0.25) is 0 Å². The van der Waals surface area contributed by atoms with Crippen LogP contribution >= 0.6 is 0 Å². The van der Waals surface area contributed by atoms with Crippen LogP contribution in [-0.4, -0.2) is 302 Å². The molecule has 4 aromatic rings. The Morgan fingerprint density at radius 1 is 0.455 bits per heavy atom. The van der Waals surface area contributed by atoms with Gasteiger partial charge in [-0.05, 0) is 93.0 Å². The SMILES string of the molecule is CC(C)(C)OC(=O)N1CCNCC1.CC1(CNC(=O)C(=O)N2CCN(C(=O)c3cc4ccccc4[nH]3)CC2)CCOC1.CCOC(=O)C(=O)N1CCN(C(=O)OC(C)(C)C)CC1.CCOC(=O)C(=O)N1CCN(C(=O)c2cc3ccccc3[nH]2)CC1.CCOC(=O)C(=O)N1CCNCC1. The van der Waals surface area contributed by atoms with Crippen molar-refractivity contribution < 1.29 is 86.0 Å². The lowest BCUT2D eigenvalue weighted by molar-refractivity contribution is -0.160. The molecule has 544 valence electrons. The molecule has 10 rings (SSSR count). The van der Waals surface area contributed by atoms with E-state index in [-0.39, 0.29) is 48.7 Å². The van der Waals surface area contributed by atoms with Crippen LogP contribution < -0.4 is 16.0 Å². The number of ether oxygens (including phenoxy) is 6. The van der Waals surface area contributed by atoms with Crippen LogP contribution in [-0.2, 0) is 66.8 Å². The molecule has 0 spiro atoms. The van der Waals surface area contributed by atoms with Gasteiger partial charge >= 0.3 is 59.6 Å². The van der Waals surface area contributed by atoms with Gasteiger partial charge in [-0.25, -0.2) is 24.0 Å². The Balaban J connectivity index is 0.000000202. The number of hydrogen-bond acceptors (Lipinski definition) is 20. The summed E-state index contributed by atoms with van der Waals surface area (Å²) in [5.41, 5.74) is 1.86. The highest BCUT2D eigenvalue weighted by Crippen LogP contribution is 2.27. The minimum atomic E-state index is -0.849. The lowest BCUT2D eigenvalue weighted by Crippen LogP contribution is -2.54. The standard InChI is InChI=1S/C21H26N4O4.C17H19N3O4.C13H22N2O5.C9H18N2O2.C8H14N2O3/c1-21(6-11-29-14-21)13-22-18(26)20(28)25-9-7-24(8-10-25)19(27)17-12-15-4-2-3-5-16(15)23-17;1-2-24-17(23)16(22)20-9-7-19(8-10-20)15(21)14-11-12-5-3-4-6-13(12)18-14;1-5-19-11(17)10(16)14-6-8-15(9-7-14)12(18)20-13(2,3)4;1-9(2,3)13-8(12)11-6-4-10-5-7-11;1-2-13-8(12)7(11)10-5-3-9-4-6-10/h2-5,12,23H,6-11,13-14H2,1H3,(H,22,26);3-6,11,18H,2,7-10H2,1H3;5-9H2,1-4H3;10H,4-7H2,1-3H3;9H,2-6H2,1H3. The predicted octanol–water partition coefficient (Wildman–Crippen LogP) is 2.45.